The molecule has 2 fully saturated rings. The van der Waals surface area contributed by atoms with E-state index < -0.39 is 24.3 Å². The number of hydrogen-bond acceptors (Lipinski definition) is 7. The smallest absolute Gasteiger partial charge is 0.475 e. The molecule has 4 rings (SSSR count). The molecule has 4 heterocycles. The number of hydrogen-bond donors (Lipinski definition) is 2. The van der Waals surface area contributed by atoms with Gasteiger partial charge in [0.05, 0.1) is 31.5 Å². The molecule has 2 aliphatic rings. The molecule has 10 nitrogen and oxygen atoms in total. The highest BCUT2D eigenvalue weighted by Gasteiger charge is 2.45. The molecule has 0 radical (unpaired) electrons. The van der Waals surface area contributed by atoms with Crippen LogP contribution in [0.5, 0.6) is 0 Å². The number of aromatic nitrogens is 2. The summed E-state index contributed by atoms with van der Waals surface area (Å²) in [6.45, 7) is 2.47. The predicted octanol–water partition coefficient (Wildman–Crippen LogP) is 3.72. The van der Waals surface area contributed by atoms with Gasteiger partial charge in [-0.25, -0.2) is 9.59 Å². The second kappa shape index (κ2) is 14.0. The Morgan fingerprint density at radius 2 is 1.68 bits per heavy atom. The second-order valence-corrected chi connectivity index (χ2v) is 8.64. The van der Waals surface area contributed by atoms with Crippen LogP contribution in [-0.4, -0.2) is 86.7 Å². The highest BCUT2D eigenvalue weighted by molar-refractivity contribution is 5.92. The van der Waals surface area contributed by atoms with Crippen molar-refractivity contribution in [2.24, 2.45) is 0 Å². The highest BCUT2D eigenvalue weighted by atomic mass is 19.4. The summed E-state index contributed by atoms with van der Waals surface area (Å²) >= 11 is 0. The predicted molar refractivity (Wildman–Crippen MR) is 123 cm³/mol. The minimum Gasteiger partial charge on any atom is -0.475 e. The number of rotatable bonds is 4. The lowest BCUT2D eigenvalue weighted by Gasteiger charge is -2.39. The maximum Gasteiger partial charge on any atom is 0.490 e. The van der Waals surface area contributed by atoms with Crippen LogP contribution >= 0.6 is 0 Å². The van der Waals surface area contributed by atoms with Gasteiger partial charge in [-0.1, -0.05) is 12.1 Å². The molecule has 2 atom stereocenters. The van der Waals surface area contributed by atoms with Crippen LogP contribution in [-0.2, 0) is 25.7 Å². The lowest BCUT2D eigenvalue weighted by Crippen LogP contribution is -2.50. The zero-order valence-electron chi connectivity index (χ0n) is 20.7. The van der Waals surface area contributed by atoms with Crippen molar-refractivity contribution in [1.29, 1.82) is 0 Å². The van der Waals surface area contributed by atoms with Crippen LogP contribution < -0.4 is 0 Å². The SMILES string of the molecule is O=C(O)C(F)(F)F.O=C(O)C(F)(F)F.O=C(c1ccccn1)N1CCC[C@]2(C[C@@H](OCc3cccnc3)CO2)C1. The molecular formula is C24H25F6N3O7. The first-order valence-electron chi connectivity index (χ1n) is 11.6. The Morgan fingerprint density at radius 1 is 1.02 bits per heavy atom. The molecule has 16 heteroatoms. The van der Waals surface area contributed by atoms with Crippen LogP contribution in [0.4, 0.5) is 26.3 Å². The van der Waals surface area contributed by atoms with E-state index in [0.29, 0.717) is 25.5 Å². The molecule has 2 aromatic rings. The van der Waals surface area contributed by atoms with Crippen LogP contribution in [0.25, 0.3) is 0 Å². The van der Waals surface area contributed by atoms with Crippen molar-refractivity contribution >= 4 is 17.8 Å². The molecule has 2 aromatic heterocycles. The Hall–Kier alpha value is -3.79. The Labute approximate surface area is 223 Å². The Balaban J connectivity index is 0.000000333. The lowest BCUT2D eigenvalue weighted by molar-refractivity contribution is -0.193. The topological polar surface area (TPSA) is 139 Å². The lowest BCUT2D eigenvalue weighted by atomic mass is 9.89. The summed E-state index contributed by atoms with van der Waals surface area (Å²) < 4.78 is 75.6. The van der Waals surface area contributed by atoms with Crippen molar-refractivity contribution in [2.45, 2.75) is 49.9 Å². The molecule has 220 valence electrons. The summed E-state index contributed by atoms with van der Waals surface area (Å²) in [7, 11) is 0. The summed E-state index contributed by atoms with van der Waals surface area (Å²) in [5.41, 5.74) is 1.26. The van der Waals surface area contributed by atoms with Gasteiger partial charge in [0, 0.05) is 31.6 Å². The number of amides is 1. The average molecular weight is 581 g/mol. The Bertz CT molecular complexity index is 1100. The van der Waals surface area contributed by atoms with E-state index in [1.165, 1.54) is 0 Å². The molecule has 2 aliphatic heterocycles. The summed E-state index contributed by atoms with van der Waals surface area (Å²) in [6, 6.07) is 9.34. The van der Waals surface area contributed by atoms with E-state index in [4.69, 9.17) is 29.3 Å². The third-order valence-electron chi connectivity index (χ3n) is 5.58. The first-order valence-corrected chi connectivity index (χ1v) is 11.6. The molecule has 0 bridgehead atoms. The Morgan fingerprint density at radius 3 is 2.20 bits per heavy atom. The molecule has 0 aromatic carbocycles. The molecule has 0 saturated carbocycles. The molecule has 2 saturated heterocycles. The number of piperidine rings is 1. The molecule has 40 heavy (non-hydrogen) atoms. The summed E-state index contributed by atoms with van der Waals surface area (Å²) in [6.07, 6.45) is -2.16. The summed E-state index contributed by atoms with van der Waals surface area (Å²) in [4.78, 5) is 40.7. The van der Waals surface area contributed by atoms with Crippen LogP contribution in [0.2, 0.25) is 0 Å². The maximum atomic E-state index is 12.7. The number of likely N-dealkylation sites (tertiary alicyclic amines) is 1. The summed E-state index contributed by atoms with van der Waals surface area (Å²) in [5, 5.41) is 14.2. The van der Waals surface area contributed by atoms with Crippen molar-refractivity contribution in [3.8, 4) is 0 Å². The van der Waals surface area contributed by atoms with E-state index in [1.54, 1.807) is 18.5 Å². The first-order chi connectivity index (χ1) is 18.6. The number of carboxylic acid groups (broad SMARTS) is 2. The van der Waals surface area contributed by atoms with Crippen molar-refractivity contribution in [3.05, 3.63) is 60.2 Å². The number of ether oxygens (including phenoxy) is 2. The van der Waals surface area contributed by atoms with Crippen LogP contribution in [0, 0.1) is 0 Å². The van der Waals surface area contributed by atoms with Crippen molar-refractivity contribution in [3.63, 3.8) is 0 Å². The van der Waals surface area contributed by atoms with Gasteiger partial charge >= 0.3 is 24.3 Å². The fourth-order valence-electron chi connectivity index (χ4n) is 3.81. The minimum atomic E-state index is -5.08. The van der Waals surface area contributed by atoms with E-state index >= 15 is 0 Å². The van der Waals surface area contributed by atoms with E-state index in [-0.39, 0.29) is 17.6 Å². The highest BCUT2D eigenvalue weighted by Crippen LogP contribution is 2.36. The van der Waals surface area contributed by atoms with Gasteiger partial charge in [0.2, 0.25) is 0 Å². The fraction of sp³-hybridized carbons (Fsp3) is 0.458. The normalized spacial score (nSPS) is 20.6. The van der Waals surface area contributed by atoms with E-state index in [1.807, 2.05) is 35.4 Å². The number of alkyl halides is 6. The molecular weight excluding hydrogens is 556 g/mol. The van der Waals surface area contributed by atoms with Crippen molar-refractivity contribution in [2.75, 3.05) is 19.7 Å². The van der Waals surface area contributed by atoms with Crippen molar-refractivity contribution in [1.82, 2.24) is 14.9 Å². The van der Waals surface area contributed by atoms with Gasteiger partial charge < -0.3 is 24.6 Å². The monoisotopic (exact) mass is 581 g/mol. The fourth-order valence-corrected chi connectivity index (χ4v) is 3.81. The van der Waals surface area contributed by atoms with Crippen molar-refractivity contribution < 1.29 is 60.4 Å². The minimum absolute atomic E-state index is 0.0204. The number of nitrogens with zero attached hydrogens (tertiary/aromatic N) is 3. The third kappa shape index (κ3) is 10.4. The molecule has 2 N–H and O–H groups in total. The number of carbonyl (C=O) groups is 3. The number of carbonyl (C=O) groups excluding carboxylic acids is 1. The summed E-state index contributed by atoms with van der Waals surface area (Å²) in [5.74, 6) is -5.53. The van der Waals surface area contributed by atoms with E-state index in [9.17, 15) is 31.1 Å². The number of pyridine rings is 2. The van der Waals surface area contributed by atoms with Gasteiger partial charge in [0.1, 0.15) is 5.69 Å². The quantitative estimate of drug-likeness (QED) is 0.517. The number of carboxylic acids is 2. The molecule has 1 spiro atoms. The van der Waals surface area contributed by atoms with Gasteiger partial charge in [-0.3, -0.25) is 14.8 Å². The van der Waals surface area contributed by atoms with Crippen LogP contribution in [0.3, 0.4) is 0 Å². The average Bonchev–Trinajstić information content (AvgIpc) is 3.29. The van der Waals surface area contributed by atoms with E-state index in [0.717, 1.165) is 31.4 Å². The number of aliphatic carboxylic acids is 2. The zero-order valence-corrected chi connectivity index (χ0v) is 20.7. The van der Waals surface area contributed by atoms with Gasteiger partial charge in [-0.15, -0.1) is 0 Å². The van der Waals surface area contributed by atoms with Gasteiger partial charge in [-0.05, 0) is 36.6 Å². The molecule has 0 aliphatic carbocycles. The standard InChI is InChI=1S/C20H23N3O3.2C2HF3O2/c24-19(18-6-1-2-9-22-18)23-10-4-7-20(15-23)11-17(14-26-20)25-13-16-5-3-8-21-12-16;2*3-2(4,5)1(6)7/h1-3,5-6,8-9,12,17H,4,7,10-11,13-15H2;2*(H,6,7)/t17-,20+;;/m1../s1. The molecule has 1 amide bonds. The maximum absolute atomic E-state index is 12.7. The Kier molecular flexibility index (Phi) is 11.4. The largest absolute Gasteiger partial charge is 0.490 e. The first kappa shape index (κ1) is 32.4. The van der Waals surface area contributed by atoms with Crippen LogP contribution in [0.1, 0.15) is 35.3 Å². The van der Waals surface area contributed by atoms with Gasteiger partial charge in [-0.2, -0.15) is 26.3 Å². The molecule has 0 unspecified atom stereocenters. The van der Waals surface area contributed by atoms with Crippen LogP contribution in [0.15, 0.2) is 48.9 Å². The van der Waals surface area contributed by atoms with Gasteiger partial charge in [0.25, 0.3) is 5.91 Å². The zero-order chi connectivity index (χ0) is 30.0. The third-order valence-corrected chi connectivity index (χ3v) is 5.58. The van der Waals surface area contributed by atoms with E-state index in [2.05, 4.69) is 9.97 Å². The van der Waals surface area contributed by atoms with Gasteiger partial charge in [0.15, 0.2) is 0 Å². The second-order valence-electron chi connectivity index (χ2n) is 8.64. The number of halogens is 6.